The van der Waals surface area contributed by atoms with E-state index in [9.17, 15) is 4.79 Å². The number of halogens is 1. The van der Waals surface area contributed by atoms with Crippen LogP contribution in [0.3, 0.4) is 0 Å². The lowest BCUT2D eigenvalue weighted by atomic mass is 10.0. The van der Waals surface area contributed by atoms with E-state index >= 15 is 0 Å². The minimum absolute atomic E-state index is 0.0525. The van der Waals surface area contributed by atoms with Crippen LogP contribution in [0.1, 0.15) is 44.2 Å². The van der Waals surface area contributed by atoms with Crippen molar-refractivity contribution in [2.75, 3.05) is 13.2 Å². The maximum absolute atomic E-state index is 12.2. The molecule has 21 heavy (non-hydrogen) atoms. The Morgan fingerprint density at radius 3 is 2.52 bits per heavy atom. The molecular weight excluding hydrogens is 334 g/mol. The van der Waals surface area contributed by atoms with E-state index in [1.165, 1.54) is 12.8 Å². The van der Waals surface area contributed by atoms with Gasteiger partial charge in [-0.15, -0.1) is 0 Å². The monoisotopic (exact) mass is 353 g/mol. The summed E-state index contributed by atoms with van der Waals surface area (Å²) < 4.78 is 12.1. The molecule has 1 aromatic rings. The van der Waals surface area contributed by atoms with Crippen LogP contribution in [0, 0.1) is 5.92 Å². The second-order valence-electron chi connectivity index (χ2n) is 5.73. The van der Waals surface area contributed by atoms with Gasteiger partial charge in [0, 0.05) is 10.4 Å². The van der Waals surface area contributed by atoms with Gasteiger partial charge in [-0.1, -0.05) is 28.8 Å². The average molecular weight is 354 g/mol. The van der Waals surface area contributed by atoms with E-state index in [-0.39, 0.29) is 17.9 Å². The predicted molar refractivity (Wildman–Crippen MR) is 83.6 cm³/mol. The summed E-state index contributed by atoms with van der Waals surface area (Å²) >= 11 is 3.56. The molecule has 1 atom stereocenters. The molecule has 0 bridgehead atoms. The van der Waals surface area contributed by atoms with Crippen molar-refractivity contribution in [3.05, 3.63) is 22.2 Å². The van der Waals surface area contributed by atoms with E-state index in [2.05, 4.69) is 21.2 Å². The van der Waals surface area contributed by atoms with E-state index in [4.69, 9.17) is 9.47 Å². The molecule has 0 spiro atoms. The Bertz CT molecular complexity index is 541. The molecule has 1 aromatic carbocycles. The van der Waals surface area contributed by atoms with E-state index in [1.807, 2.05) is 19.1 Å². The summed E-state index contributed by atoms with van der Waals surface area (Å²) in [7, 11) is 0. The number of hydrogen-bond donors (Lipinski definition) is 1. The van der Waals surface area contributed by atoms with Crippen LogP contribution in [0.2, 0.25) is 0 Å². The Morgan fingerprint density at radius 1 is 1.24 bits per heavy atom. The molecule has 0 aromatic heterocycles. The number of carbonyl (C=O) groups is 1. The fourth-order valence-corrected chi connectivity index (χ4v) is 3.67. The molecule has 1 amide bonds. The van der Waals surface area contributed by atoms with Crippen molar-refractivity contribution in [2.24, 2.45) is 5.92 Å². The first-order valence-corrected chi connectivity index (χ1v) is 8.34. The van der Waals surface area contributed by atoms with Gasteiger partial charge in [-0.3, -0.25) is 4.79 Å². The number of carbonyl (C=O) groups excluding carboxylic acids is 1. The number of fused-ring (bicyclic) bond motifs is 1. The van der Waals surface area contributed by atoms with Gasteiger partial charge in [0.25, 0.3) is 0 Å². The first kappa shape index (κ1) is 14.7. The summed E-state index contributed by atoms with van der Waals surface area (Å²) in [5, 5.41) is 3.12. The van der Waals surface area contributed by atoms with Crippen LogP contribution in [0.15, 0.2) is 16.6 Å². The predicted octanol–water partition coefficient (Wildman–Crippen LogP) is 3.59. The Balaban J connectivity index is 1.74. The van der Waals surface area contributed by atoms with Crippen LogP contribution < -0.4 is 14.8 Å². The summed E-state index contributed by atoms with van der Waals surface area (Å²) in [6, 6.07) is 3.82. The number of amides is 1. The van der Waals surface area contributed by atoms with Crippen LogP contribution in [0.4, 0.5) is 0 Å². The molecule has 0 unspecified atom stereocenters. The zero-order valence-electron chi connectivity index (χ0n) is 12.2. The van der Waals surface area contributed by atoms with Gasteiger partial charge in [0.15, 0.2) is 11.5 Å². The minimum atomic E-state index is -0.0525. The van der Waals surface area contributed by atoms with Gasteiger partial charge in [-0.2, -0.15) is 0 Å². The largest absolute Gasteiger partial charge is 0.486 e. The van der Waals surface area contributed by atoms with Crippen LogP contribution in [0.25, 0.3) is 0 Å². The zero-order valence-corrected chi connectivity index (χ0v) is 13.7. The quantitative estimate of drug-likeness (QED) is 0.903. The zero-order chi connectivity index (χ0) is 14.8. The molecule has 0 radical (unpaired) electrons. The summed E-state index contributed by atoms with van der Waals surface area (Å²) in [4.78, 5) is 12.2. The van der Waals surface area contributed by atoms with Crippen molar-refractivity contribution in [3.8, 4) is 11.5 Å². The highest BCUT2D eigenvalue weighted by Crippen LogP contribution is 2.38. The molecule has 2 aliphatic rings. The van der Waals surface area contributed by atoms with Gasteiger partial charge >= 0.3 is 0 Å². The normalized spacial score (nSPS) is 19.3. The lowest BCUT2D eigenvalue weighted by molar-refractivity contribution is -0.125. The highest BCUT2D eigenvalue weighted by molar-refractivity contribution is 9.10. The molecule has 3 rings (SSSR count). The van der Waals surface area contributed by atoms with Gasteiger partial charge in [-0.25, -0.2) is 0 Å². The van der Waals surface area contributed by atoms with Crippen molar-refractivity contribution in [1.82, 2.24) is 5.32 Å². The molecule has 5 heteroatoms. The number of rotatable bonds is 3. The third kappa shape index (κ3) is 3.18. The van der Waals surface area contributed by atoms with Crippen LogP contribution in [-0.2, 0) is 4.79 Å². The summed E-state index contributed by atoms with van der Waals surface area (Å²) in [6.45, 7) is 3.15. The summed E-state index contributed by atoms with van der Waals surface area (Å²) in [5.41, 5.74) is 1.02. The van der Waals surface area contributed by atoms with Crippen molar-refractivity contribution in [3.63, 3.8) is 0 Å². The van der Waals surface area contributed by atoms with Crippen molar-refractivity contribution in [2.45, 2.75) is 38.6 Å². The van der Waals surface area contributed by atoms with E-state index in [0.29, 0.717) is 13.2 Å². The number of benzene rings is 1. The molecule has 1 fully saturated rings. The molecule has 114 valence electrons. The number of hydrogen-bond acceptors (Lipinski definition) is 3. The highest BCUT2D eigenvalue weighted by Gasteiger charge is 2.25. The number of nitrogens with one attached hydrogen (secondary N) is 1. The Morgan fingerprint density at radius 2 is 1.86 bits per heavy atom. The topological polar surface area (TPSA) is 47.6 Å². The Labute approximate surface area is 133 Å². The molecule has 1 aliphatic carbocycles. The number of ether oxygens (including phenoxy) is 2. The Hall–Kier alpha value is -1.23. The molecular formula is C16H20BrNO3. The van der Waals surface area contributed by atoms with Gasteiger partial charge in [-0.05, 0) is 37.5 Å². The second kappa shape index (κ2) is 6.26. The van der Waals surface area contributed by atoms with Crippen molar-refractivity contribution >= 4 is 21.8 Å². The summed E-state index contributed by atoms with van der Waals surface area (Å²) in [6.07, 6.45) is 4.36. The lowest BCUT2D eigenvalue weighted by Gasteiger charge is -2.23. The second-order valence-corrected chi connectivity index (χ2v) is 6.58. The van der Waals surface area contributed by atoms with E-state index in [0.717, 1.165) is 34.4 Å². The van der Waals surface area contributed by atoms with Gasteiger partial charge < -0.3 is 14.8 Å². The molecule has 1 N–H and O–H groups in total. The first-order valence-electron chi connectivity index (χ1n) is 7.54. The van der Waals surface area contributed by atoms with Gasteiger partial charge in [0.1, 0.15) is 13.2 Å². The fraction of sp³-hybridized carbons (Fsp3) is 0.562. The van der Waals surface area contributed by atoms with Gasteiger partial charge in [0.05, 0.1) is 6.04 Å². The standard InChI is InChI=1S/C16H20BrNO3/c1-10(18-16(19)11-4-2-3-5-11)12-8-14-15(9-13(12)17)21-7-6-20-14/h8-11H,2-7H2,1H3,(H,18,19)/t10-/m0/s1. The van der Waals surface area contributed by atoms with E-state index < -0.39 is 0 Å². The minimum Gasteiger partial charge on any atom is -0.486 e. The van der Waals surface area contributed by atoms with Gasteiger partial charge in [0.2, 0.25) is 5.91 Å². The van der Waals surface area contributed by atoms with Crippen LogP contribution >= 0.6 is 15.9 Å². The van der Waals surface area contributed by atoms with Crippen LogP contribution in [-0.4, -0.2) is 19.1 Å². The average Bonchev–Trinajstić information content (AvgIpc) is 3.00. The maximum atomic E-state index is 12.2. The summed E-state index contributed by atoms with van der Waals surface area (Å²) in [5.74, 6) is 1.86. The highest BCUT2D eigenvalue weighted by atomic mass is 79.9. The molecule has 1 saturated carbocycles. The third-order valence-electron chi connectivity index (χ3n) is 4.21. The molecule has 1 aliphatic heterocycles. The smallest absolute Gasteiger partial charge is 0.223 e. The van der Waals surface area contributed by atoms with E-state index in [1.54, 1.807) is 0 Å². The maximum Gasteiger partial charge on any atom is 0.223 e. The SMILES string of the molecule is C[C@H](NC(=O)C1CCCC1)c1cc2c(cc1Br)OCCO2. The van der Waals surface area contributed by atoms with Crippen molar-refractivity contribution < 1.29 is 14.3 Å². The Kier molecular flexibility index (Phi) is 4.38. The third-order valence-corrected chi connectivity index (χ3v) is 4.90. The molecule has 4 nitrogen and oxygen atoms in total. The first-order chi connectivity index (χ1) is 10.1. The van der Waals surface area contributed by atoms with Crippen LogP contribution in [0.5, 0.6) is 11.5 Å². The fourth-order valence-electron chi connectivity index (χ4n) is 3.01. The lowest BCUT2D eigenvalue weighted by Crippen LogP contribution is -2.31. The molecule has 1 heterocycles. The van der Waals surface area contributed by atoms with Crippen molar-refractivity contribution in [1.29, 1.82) is 0 Å². The molecule has 0 saturated heterocycles.